The van der Waals surface area contributed by atoms with Crippen LogP contribution in [0.5, 0.6) is 0 Å². The van der Waals surface area contributed by atoms with Crippen molar-refractivity contribution in [3.8, 4) is 0 Å². The molecule has 0 spiro atoms. The SMILES string of the molecule is O=C(CSc1ccc2ccccc2c1)N1CCN(CC(=O)N2CCCCCC2)CC1. The summed E-state index contributed by atoms with van der Waals surface area (Å²) >= 11 is 1.60. The number of likely N-dealkylation sites (tertiary alicyclic amines) is 1. The second-order valence-corrected chi connectivity index (χ2v) is 9.30. The van der Waals surface area contributed by atoms with Crippen LogP contribution < -0.4 is 0 Å². The Labute approximate surface area is 183 Å². The number of carbonyl (C=O) groups excluding carboxylic acids is 2. The Morgan fingerprint density at radius 1 is 0.733 bits per heavy atom. The molecule has 0 aliphatic carbocycles. The normalized spacial score (nSPS) is 18.4. The average molecular weight is 426 g/mol. The van der Waals surface area contributed by atoms with E-state index in [1.807, 2.05) is 21.9 Å². The van der Waals surface area contributed by atoms with Crippen molar-refractivity contribution >= 4 is 34.3 Å². The molecule has 2 saturated heterocycles. The highest BCUT2D eigenvalue weighted by molar-refractivity contribution is 8.00. The maximum Gasteiger partial charge on any atom is 0.236 e. The van der Waals surface area contributed by atoms with Gasteiger partial charge in [-0.15, -0.1) is 11.8 Å². The Morgan fingerprint density at radius 2 is 1.40 bits per heavy atom. The van der Waals surface area contributed by atoms with Crippen molar-refractivity contribution in [3.05, 3.63) is 42.5 Å². The summed E-state index contributed by atoms with van der Waals surface area (Å²) in [5.41, 5.74) is 0. The molecule has 2 aromatic rings. The molecule has 0 atom stereocenters. The van der Waals surface area contributed by atoms with Crippen molar-refractivity contribution in [1.29, 1.82) is 0 Å². The second kappa shape index (κ2) is 10.3. The molecule has 2 amide bonds. The first kappa shape index (κ1) is 21.2. The van der Waals surface area contributed by atoms with Gasteiger partial charge in [0, 0.05) is 44.2 Å². The van der Waals surface area contributed by atoms with E-state index < -0.39 is 0 Å². The molecule has 2 heterocycles. The Balaban J connectivity index is 1.21. The Kier molecular flexibility index (Phi) is 7.28. The number of hydrogen-bond acceptors (Lipinski definition) is 4. The fraction of sp³-hybridized carbons (Fsp3) is 0.500. The molecular formula is C24H31N3O2S. The lowest BCUT2D eigenvalue weighted by Crippen LogP contribution is -2.52. The monoisotopic (exact) mass is 425 g/mol. The lowest BCUT2D eigenvalue weighted by atomic mass is 10.1. The molecule has 0 radical (unpaired) electrons. The number of amides is 2. The van der Waals surface area contributed by atoms with Crippen LogP contribution in [0, 0.1) is 0 Å². The smallest absolute Gasteiger partial charge is 0.236 e. The van der Waals surface area contributed by atoms with E-state index in [1.54, 1.807) is 11.8 Å². The van der Waals surface area contributed by atoms with Gasteiger partial charge in [-0.1, -0.05) is 43.2 Å². The van der Waals surface area contributed by atoms with Crippen molar-refractivity contribution in [2.75, 3.05) is 51.6 Å². The molecule has 4 rings (SSSR count). The first-order valence-electron chi connectivity index (χ1n) is 11.1. The van der Waals surface area contributed by atoms with Gasteiger partial charge in [-0.2, -0.15) is 0 Å². The van der Waals surface area contributed by atoms with Crippen LogP contribution in [0.3, 0.4) is 0 Å². The Hall–Kier alpha value is -2.05. The predicted molar refractivity (Wildman–Crippen MR) is 123 cm³/mol. The molecule has 2 aliphatic heterocycles. The minimum atomic E-state index is 0.187. The highest BCUT2D eigenvalue weighted by Gasteiger charge is 2.24. The van der Waals surface area contributed by atoms with Crippen LogP contribution >= 0.6 is 11.8 Å². The van der Waals surface area contributed by atoms with Crippen LogP contribution in [0.4, 0.5) is 0 Å². The number of benzene rings is 2. The summed E-state index contributed by atoms with van der Waals surface area (Å²) < 4.78 is 0. The first-order chi connectivity index (χ1) is 14.7. The maximum atomic E-state index is 12.7. The Bertz CT molecular complexity index is 872. The van der Waals surface area contributed by atoms with Crippen molar-refractivity contribution in [3.63, 3.8) is 0 Å². The third kappa shape index (κ3) is 5.55. The molecule has 0 aromatic heterocycles. The van der Waals surface area contributed by atoms with E-state index in [4.69, 9.17) is 0 Å². The summed E-state index contributed by atoms with van der Waals surface area (Å²) in [6, 6.07) is 14.6. The summed E-state index contributed by atoms with van der Waals surface area (Å²) in [5.74, 6) is 0.903. The summed E-state index contributed by atoms with van der Waals surface area (Å²) in [7, 11) is 0. The average Bonchev–Trinajstić information content (AvgIpc) is 3.07. The third-order valence-corrected chi connectivity index (χ3v) is 7.10. The summed E-state index contributed by atoms with van der Waals surface area (Å²) in [5, 5.41) is 2.43. The molecule has 30 heavy (non-hydrogen) atoms. The number of thioether (sulfide) groups is 1. The van der Waals surface area contributed by atoms with Crippen molar-refractivity contribution in [2.45, 2.75) is 30.6 Å². The fourth-order valence-electron chi connectivity index (χ4n) is 4.26. The molecule has 0 N–H and O–H groups in total. The van der Waals surface area contributed by atoms with Gasteiger partial charge in [-0.3, -0.25) is 14.5 Å². The largest absolute Gasteiger partial charge is 0.342 e. The lowest BCUT2D eigenvalue weighted by molar-refractivity contribution is -0.134. The molecule has 0 bridgehead atoms. The maximum absolute atomic E-state index is 12.7. The van der Waals surface area contributed by atoms with Gasteiger partial charge in [-0.05, 0) is 35.7 Å². The number of piperazine rings is 1. The quantitative estimate of drug-likeness (QED) is 0.688. The minimum Gasteiger partial charge on any atom is -0.342 e. The number of hydrogen-bond donors (Lipinski definition) is 0. The van der Waals surface area contributed by atoms with E-state index in [0.29, 0.717) is 25.4 Å². The highest BCUT2D eigenvalue weighted by atomic mass is 32.2. The third-order valence-electron chi connectivity index (χ3n) is 6.13. The van der Waals surface area contributed by atoms with Gasteiger partial charge in [0.2, 0.25) is 11.8 Å². The number of rotatable bonds is 5. The molecule has 160 valence electrons. The summed E-state index contributed by atoms with van der Waals surface area (Å²) in [6.07, 6.45) is 4.73. The summed E-state index contributed by atoms with van der Waals surface area (Å²) in [6.45, 7) is 5.30. The molecule has 2 aliphatic rings. The van der Waals surface area contributed by atoms with E-state index in [0.717, 1.165) is 43.9 Å². The fourth-order valence-corrected chi connectivity index (χ4v) is 5.11. The molecule has 2 fully saturated rings. The van der Waals surface area contributed by atoms with Crippen LogP contribution in [-0.2, 0) is 9.59 Å². The molecule has 6 heteroatoms. The zero-order chi connectivity index (χ0) is 20.8. The summed E-state index contributed by atoms with van der Waals surface area (Å²) in [4.78, 5) is 32.6. The topological polar surface area (TPSA) is 43.9 Å². The van der Waals surface area contributed by atoms with Gasteiger partial charge in [0.15, 0.2) is 0 Å². The second-order valence-electron chi connectivity index (χ2n) is 8.25. The number of carbonyl (C=O) groups is 2. The number of fused-ring (bicyclic) bond motifs is 1. The molecular weight excluding hydrogens is 394 g/mol. The van der Waals surface area contributed by atoms with Gasteiger partial charge >= 0.3 is 0 Å². The minimum absolute atomic E-state index is 0.187. The van der Waals surface area contributed by atoms with E-state index in [9.17, 15) is 9.59 Å². The first-order valence-corrected chi connectivity index (χ1v) is 12.1. The van der Waals surface area contributed by atoms with Crippen LogP contribution in [0.1, 0.15) is 25.7 Å². The molecule has 0 saturated carbocycles. The van der Waals surface area contributed by atoms with Gasteiger partial charge in [-0.25, -0.2) is 0 Å². The van der Waals surface area contributed by atoms with Crippen molar-refractivity contribution < 1.29 is 9.59 Å². The van der Waals surface area contributed by atoms with Gasteiger partial charge in [0.1, 0.15) is 0 Å². The Morgan fingerprint density at radius 3 is 2.13 bits per heavy atom. The van der Waals surface area contributed by atoms with Crippen molar-refractivity contribution in [1.82, 2.24) is 14.7 Å². The van der Waals surface area contributed by atoms with E-state index in [1.165, 1.54) is 23.6 Å². The number of nitrogens with zero attached hydrogens (tertiary/aromatic N) is 3. The zero-order valence-electron chi connectivity index (χ0n) is 17.6. The molecule has 2 aromatic carbocycles. The zero-order valence-corrected chi connectivity index (χ0v) is 18.4. The highest BCUT2D eigenvalue weighted by Crippen LogP contribution is 2.24. The van der Waals surface area contributed by atoms with E-state index >= 15 is 0 Å². The van der Waals surface area contributed by atoms with Crippen molar-refractivity contribution in [2.24, 2.45) is 0 Å². The standard InChI is InChI=1S/C24H31N3O2S/c28-23(26-11-5-1-2-6-12-26)18-25-13-15-27(16-14-25)24(29)19-30-22-10-9-20-7-3-4-8-21(20)17-22/h3-4,7-10,17H,1-2,5-6,11-16,18-19H2. The van der Waals surface area contributed by atoms with Gasteiger partial charge < -0.3 is 9.80 Å². The molecule has 5 nitrogen and oxygen atoms in total. The van der Waals surface area contributed by atoms with Gasteiger partial charge in [0.05, 0.1) is 12.3 Å². The lowest BCUT2D eigenvalue weighted by Gasteiger charge is -2.35. The van der Waals surface area contributed by atoms with Crippen LogP contribution in [0.2, 0.25) is 0 Å². The van der Waals surface area contributed by atoms with E-state index in [-0.39, 0.29) is 11.8 Å². The van der Waals surface area contributed by atoms with Crippen LogP contribution in [0.25, 0.3) is 10.8 Å². The van der Waals surface area contributed by atoms with E-state index in [2.05, 4.69) is 35.2 Å². The predicted octanol–water partition coefficient (Wildman–Crippen LogP) is 3.48. The van der Waals surface area contributed by atoms with Crippen LogP contribution in [-0.4, -0.2) is 78.1 Å². The van der Waals surface area contributed by atoms with Crippen LogP contribution in [0.15, 0.2) is 47.4 Å². The van der Waals surface area contributed by atoms with Gasteiger partial charge in [0.25, 0.3) is 0 Å². The molecule has 0 unspecified atom stereocenters.